The largest absolute Gasteiger partial charge is 0.378 e. The van der Waals surface area contributed by atoms with E-state index in [1.54, 1.807) is 11.9 Å². The minimum atomic E-state index is -0.322. The van der Waals surface area contributed by atoms with Gasteiger partial charge in [0.15, 0.2) is 0 Å². The van der Waals surface area contributed by atoms with E-state index >= 15 is 0 Å². The molecule has 1 aromatic carbocycles. The van der Waals surface area contributed by atoms with Crippen LogP contribution < -0.4 is 10.6 Å². The lowest BCUT2D eigenvalue weighted by Gasteiger charge is -2.23. The molecule has 0 radical (unpaired) electrons. The lowest BCUT2D eigenvalue weighted by Crippen LogP contribution is -2.51. The van der Waals surface area contributed by atoms with Crippen LogP contribution in [-0.4, -0.2) is 56.1 Å². The summed E-state index contributed by atoms with van der Waals surface area (Å²) in [6, 6.07) is 7.49. The average molecular weight is 384 g/mol. The molecule has 0 bridgehead atoms. The molecule has 2 N–H and O–H groups in total. The number of hydrogen-bond acceptors (Lipinski definition) is 4. The SMILES string of the molecule is CN(Cc1ccccc1Br)C(=O)CCNC(=O)C1COCCN1. The molecular weight excluding hydrogens is 362 g/mol. The number of benzene rings is 1. The summed E-state index contributed by atoms with van der Waals surface area (Å²) in [4.78, 5) is 25.7. The fourth-order valence-electron chi connectivity index (χ4n) is 2.31. The van der Waals surface area contributed by atoms with Gasteiger partial charge in [0.2, 0.25) is 11.8 Å². The molecule has 1 aliphatic heterocycles. The van der Waals surface area contributed by atoms with Gasteiger partial charge < -0.3 is 20.3 Å². The summed E-state index contributed by atoms with van der Waals surface area (Å²) in [6.07, 6.45) is 0.278. The second kappa shape index (κ2) is 9.00. The summed E-state index contributed by atoms with van der Waals surface area (Å²) >= 11 is 3.48. The minimum Gasteiger partial charge on any atom is -0.378 e. The normalized spacial score (nSPS) is 17.6. The van der Waals surface area contributed by atoms with Crippen molar-refractivity contribution in [3.8, 4) is 0 Å². The first kappa shape index (κ1) is 17.9. The number of carbonyl (C=O) groups is 2. The third kappa shape index (κ3) is 5.60. The van der Waals surface area contributed by atoms with Crippen LogP contribution in [0.3, 0.4) is 0 Å². The van der Waals surface area contributed by atoms with Gasteiger partial charge in [-0.3, -0.25) is 9.59 Å². The van der Waals surface area contributed by atoms with Crippen LogP contribution in [0, 0.1) is 0 Å². The molecule has 7 heteroatoms. The smallest absolute Gasteiger partial charge is 0.239 e. The van der Waals surface area contributed by atoms with Crippen molar-refractivity contribution in [1.82, 2.24) is 15.5 Å². The van der Waals surface area contributed by atoms with Crippen LogP contribution in [0.25, 0.3) is 0 Å². The molecule has 1 fully saturated rings. The Balaban J connectivity index is 1.71. The van der Waals surface area contributed by atoms with Crippen molar-refractivity contribution in [3.05, 3.63) is 34.3 Å². The van der Waals surface area contributed by atoms with Crippen LogP contribution in [0.5, 0.6) is 0 Å². The molecule has 1 saturated heterocycles. The first-order valence-electron chi connectivity index (χ1n) is 7.64. The van der Waals surface area contributed by atoms with Gasteiger partial charge in [0.25, 0.3) is 0 Å². The number of ether oxygens (including phenoxy) is 1. The predicted molar refractivity (Wildman–Crippen MR) is 90.9 cm³/mol. The fourth-order valence-corrected chi connectivity index (χ4v) is 2.72. The summed E-state index contributed by atoms with van der Waals surface area (Å²) in [5, 5.41) is 5.86. The van der Waals surface area contributed by atoms with E-state index in [1.807, 2.05) is 24.3 Å². The molecule has 1 aliphatic rings. The zero-order valence-corrected chi connectivity index (χ0v) is 14.8. The van der Waals surface area contributed by atoms with Crippen LogP contribution in [-0.2, 0) is 20.9 Å². The Morgan fingerprint density at radius 2 is 2.22 bits per heavy atom. The van der Waals surface area contributed by atoms with Crippen LogP contribution in [0.2, 0.25) is 0 Å². The van der Waals surface area contributed by atoms with Crippen LogP contribution in [0.15, 0.2) is 28.7 Å². The van der Waals surface area contributed by atoms with Crippen molar-refractivity contribution < 1.29 is 14.3 Å². The maximum absolute atomic E-state index is 12.1. The molecule has 2 rings (SSSR count). The molecular formula is C16H22BrN3O3. The number of carbonyl (C=O) groups excluding carboxylic acids is 2. The topological polar surface area (TPSA) is 70.7 Å². The Hall–Kier alpha value is -1.44. The van der Waals surface area contributed by atoms with E-state index in [4.69, 9.17) is 4.74 Å². The first-order chi connectivity index (χ1) is 11.1. The number of halogens is 1. The maximum Gasteiger partial charge on any atom is 0.239 e. The van der Waals surface area contributed by atoms with Gasteiger partial charge in [-0.05, 0) is 11.6 Å². The quantitative estimate of drug-likeness (QED) is 0.765. The molecule has 23 heavy (non-hydrogen) atoms. The summed E-state index contributed by atoms with van der Waals surface area (Å²) < 4.78 is 6.23. The highest BCUT2D eigenvalue weighted by Crippen LogP contribution is 2.17. The lowest BCUT2D eigenvalue weighted by molar-refractivity contribution is -0.130. The molecule has 1 aromatic rings. The zero-order chi connectivity index (χ0) is 16.7. The lowest BCUT2D eigenvalue weighted by atomic mass is 10.2. The maximum atomic E-state index is 12.1. The highest BCUT2D eigenvalue weighted by molar-refractivity contribution is 9.10. The molecule has 1 heterocycles. The van der Waals surface area contributed by atoms with Crippen molar-refractivity contribution in [2.75, 3.05) is 33.4 Å². The predicted octanol–water partition coefficient (Wildman–Crippen LogP) is 0.902. The summed E-state index contributed by atoms with van der Waals surface area (Å²) in [5.41, 5.74) is 1.05. The number of nitrogens with zero attached hydrogens (tertiary/aromatic N) is 1. The molecule has 1 atom stereocenters. The van der Waals surface area contributed by atoms with Crippen LogP contribution >= 0.6 is 15.9 Å². The Labute approximate surface area is 144 Å². The Kier molecular flexibility index (Phi) is 7.01. The van der Waals surface area contributed by atoms with E-state index in [-0.39, 0.29) is 24.3 Å². The van der Waals surface area contributed by atoms with Gasteiger partial charge >= 0.3 is 0 Å². The second-order valence-corrected chi connectivity index (χ2v) is 6.32. The number of nitrogens with one attached hydrogen (secondary N) is 2. The van der Waals surface area contributed by atoms with Crippen molar-refractivity contribution in [2.45, 2.75) is 19.0 Å². The van der Waals surface area contributed by atoms with Gasteiger partial charge in [-0.1, -0.05) is 34.1 Å². The molecule has 126 valence electrons. The van der Waals surface area contributed by atoms with E-state index in [0.717, 1.165) is 10.0 Å². The summed E-state index contributed by atoms with van der Waals surface area (Å²) in [6.45, 7) is 2.54. The second-order valence-electron chi connectivity index (χ2n) is 5.46. The van der Waals surface area contributed by atoms with E-state index in [1.165, 1.54) is 0 Å². The summed E-state index contributed by atoms with van der Waals surface area (Å²) in [5.74, 6) is -0.125. The van der Waals surface area contributed by atoms with Gasteiger partial charge in [-0.25, -0.2) is 0 Å². The van der Waals surface area contributed by atoms with E-state index < -0.39 is 0 Å². The highest BCUT2D eigenvalue weighted by Gasteiger charge is 2.21. The van der Waals surface area contributed by atoms with E-state index in [2.05, 4.69) is 26.6 Å². The molecule has 6 nitrogen and oxygen atoms in total. The minimum absolute atomic E-state index is 0.00564. The fraction of sp³-hybridized carbons (Fsp3) is 0.500. The van der Waals surface area contributed by atoms with Gasteiger partial charge in [0.1, 0.15) is 6.04 Å². The number of morpholine rings is 1. The average Bonchev–Trinajstić information content (AvgIpc) is 2.57. The Morgan fingerprint density at radius 3 is 2.91 bits per heavy atom. The van der Waals surface area contributed by atoms with Crippen molar-refractivity contribution in [3.63, 3.8) is 0 Å². The molecule has 0 aliphatic carbocycles. The van der Waals surface area contributed by atoms with E-state index in [0.29, 0.717) is 32.8 Å². The van der Waals surface area contributed by atoms with Gasteiger partial charge in [0.05, 0.1) is 13.2 Å². The van der Waals surface area contributed by atoms with Gasteiger partial charge in [-0.2, -0.15) is 0 Å². The van der Waals surface area contributed by atoms with Gasteiger partial charge in [0, 0.05) is 37.6 Å². The standard InChI is InChI=1S/C16H22BrN3O3/c1-20(10-12-4-2-3-5-13(12)17)15(21)6-7-19-16(22)14-11-23-9-8-18-14/h2-5,14,18H,6-11H2,1H3,(H,19,22). The third-order valence-electron chi connectivity index (χ3n) is 3.67. The van der Waals surface area contributed by atoms with Gasteiger partial charge in [-0.15, -0.1) is 0 Å². The Morgan fingerprint density at radius 1 is 1.43 bits per heavy atom. The monoisotopic (exact) mass is 383 g/mol. The molecule has 1 unspecified atom stereocenters. The summed E-state index contributed by atoms with van der Waals surface area (Å²) in [7, 11) is 1.76. The molecule has 0 aromatic heterocycles. The molecule has 2 amide bonds. The zero-order valence-electron chi connectivity index (χ0n) is 13.2. The van der Waals surface area contributed by atoms with Crippen LogP contribution in [0.4, 0.5) is 0 Å². The highest BCUT2D eigenvalue weighted by atomic mass is 79.9. The number of amides is 2. The molecule has 0 saturated carbocycles. The van der Waals surface area contributed by atoms with Crippen molar-refractivity contribution >= 4 is 27.7 Å². The number of hydrogen-bond donors (Lipinski definition) is 2. The first-order valence-corrected chi connectivity index (χ1v) is 8.43. The third-order valence-corrected chi connectivity index (χ3v) is 4.44. The molecule has 0 spiro atoms. The van der Waals surface area contributed by atoms with Crippen molar-refractivity contribution in [1.29, 1.82) is 0 Å². The van der Waals surface area contributed by atoms with E-state index in [9.17, 15) is 9.59 Å². The Bertz CT molecular complexity index is 547. The van der Waals surface area contributed by atoms with Crippen molar-refractivity contribution in [2.24, 2.45) is 0 Å². The number of rotatable bonds is 6. The van der Waals surface area contributed by atoms with Crippen LogP contribution in [0.1, 0.15) is 12.0 Å².